The van der Waals surface area contributed by atoms with Crippen LogP contribution in [0.3, 0.4) is 0 Å². The second-order valence-electron chi connectivity index (χ2n) is 3.46. The molecule has 1 aromatic carbocycles. The zero-order chi connectivity index (χ0) is 12.0. The van der Waals surface area contributed by atoms with Crippen molar-refractivity contribution < 1.29 is 14.1 Å². The minimum atomic E-state index is -1.85. The van der Waals surface area contributed by atoms with Crippen LogP contribution in [0.25, 0.3) is 0 Å². The first-order chi connectivity index (χ1) is 7.61. The van der Waals surface area contributed by atoms with Gasteiger partial charge in [0.25, 0.3) is 0 Å². The Labute approximate surface area is 95.9 Å². The number of hydrogen-bond acceptors (Lipinski definition) is 3. The highest BCUT2D eigenvalue weighted by molar-refractivity contribution is 7.53. The summed E-state index contributed by atoms with van der Waals surface area (Å²) in [4.78, 5) is 11.0. The van der Waals surface area contributed by atoms with Crippen molar-refractivity contribution in [3.63, 3.8) is 0 Å². The number of ether oxygens (including phenoxy) is 1. The first kappa shape index (κ1) is 12.7. The third kappa shape index (κ3) is 4.03. The van der Waals surface area contributed by atoms with Gasteiger partial charge in [0.15, 0.2) is 0 Å². The average molecular weight is 238 g/mol. The first-order valence-electron chi connectivity index (χ1n) is 5.02. The molecule has 0 aliphatic carbocycles. The fraction of sp³-hybridized carbons (Fsp3) is 0.250. The molecule has 0 aromatic heterocycles. The molecule has 0 radical (unpaired) electrons. The Hall–Kier alpha value is -1.34. The van der Waals surface area contributed by atoms with Gasteiger partial charge in [-0.25, -0.2) is 4.79 Å². The Morgan fingerprint density at radius 1 is 1.38 bits per heavy atom. The van der Waals surface area contributed by atoms with E-state index in [1.165, 1.54) is 0 Å². The van der Waals surface area contributed by atoms with Gasteiger partial charge in [-0.2, -0.15) is 0 Å². The molecule has 0 N–H and O–H groups in total. The van der Waals surface area contributed by atoms with Crippen molar-refractivity contribution in [2.24, 2.45) is 0 Å². The zero-order valence-electron chi connectivity index (χ0n) is 9.23. The van der Waals surface area contributed by atoms with Gasteiger partial charge in [-0.3, -0.25) is 0 Å². The van der Waals surface area contributed by atoms with E-state index >= 15 is 0 Å². The van der Waals surface area contributed by atoms with E-state index in [2.05, 4.69) is 6.58 Å². The summed E-state index contributed by atoms with van der Waals surface area (Å²) < 4.78 is 16.7. The number of benzene rings is 1. The fourth-order valence-corrected chi connectivity index (χ4v) is 2.27. The van der Waals surface area contributed by atoms with Gasteiger partial charge in [0, 0.05) is 17.0 Å². The fourth-order valence-electron chi connectivity index (χ4n) is 1.13. The molecule has 0 saturated carbocycles. The molecule has 0 saturated heterocycles. The van der Waals surface area contributed by atoms with Gasteiger partial charge in [0.2, 0.25) is 0 Å². The molecule has 0 heterocycles. The van der Waals surface area contributed by atoms with Gasteiger partial charge in [-0.15, -0.1) is 0 Å². The molecule has 0 bridgehead atoms. The van der Waals surface area contributed by atoms with Gasteiger partial charge < -0.3 is 9.30 Å². The van der Waals surface area contributed by atoms with E-state index in [1.807, 2.05) is 30.3 Å². The summed E-state index contributed by atoms with van der Waals surface area (Å²) in [6.07, 6.45) is 0.383. The van der Waals surface area contributed by atoms with Crippen molar-refractivity contribution >= 4 is 19.1 Å². The Morgan fingerprint density at radius 2 is 2.00 bits per heavy atom. The van der Waals surface area contributed by atoms with E-state index in [9.17, 15) is 9.36 Å². The van der Waals surface area contributed by atoms with Crippen molar-refractivity contribution in [3.05, 3.63) is 42.5 Å². The second-order valence-corrected chi connectivity index (χ2v) is 5.38. The lowest BCUT2D eigenvalue weighted by atomic mass is 10.4. The molecule has 86 valence electrons. The molecule has 4 heteroatoms. The molecule has 0 spiro atoms. The number of rotatable bonds is 5. The Bertz CT molecular complexity index is 398. The summed E-state index contributed by atoms with van der Waals surface area (Å²) in [7, 11) is -1.85. The molecule has 1 atom stereocenters. The summed E-state index contributed by atoms with van der Waals surface area (Å²) in [6, 6.07) is 9.21. The van der Waals surface area contributed by atoms with Gasteiger partial charge in [-0.1, -0.05) is 36.9 Å². The van der Waals surface area contributed by atoms with Crippen molar-refractivity contribution in [1.82, 2.24) is 0 Å². The smallest absolute Gasteiger partial charge is 0.333 e. The maximum absolute atomic E-state index is 11.8. The molecule has 0 aliphatic heterocycles. The highest BCUT2D eigenvalue weighted by Gasteiger charge is 2.06. The maximum atomic E-state index is 11.8. The first-order valence-corrected chi connectivity index (χ1v) is 6.63. The van der Waals surface area contributed by atoms with Gasteiger partial charge in [0.05, 0.1) is 6.61 Å². The van der Waals surface area contributed by atoms with Crippen LogP contribution in [0.1, 0.15) is 6.92 Å². The molecule has 3 nitrogen and oxygen atoms in total. The summed E-state index contributed by atoms with van der Waals surface area (Å²) in [6.45, 7) is 5.23. The standard InChI is InChI=1S/C12H15O3P/c1-10(2)12(13)15-8-9-16(14)11-6-4-3-5-7-11/h3-7,16H,1,8-9H2,2H3. The van der Waals surface area contributed by atoms with Crippen LogP contribution in [0.15, 0.2) is 42.5 Å². The Morgan fingerprint density at radius 3 is 2.56 bits per heavy atom. The SMILES string of the molecule is C=C(C)C(=O)OCC[PH](=O)c1ccccc1. The van der Waals surface area contributed by atoms with E-state index in [0.29, 0.717) is 11.7 Å². The monoisotopic (exact) mass is 238 g/mol. The minimum absolute atomic E-state index is 0.179. The molecule has 1 rings (SSSR count). The molecular weight excluding hydrogens is 223 g/mol. The minimum Gasteiger partial charge on any atom is -0.462 e. The van der Waals surface area contributed by atoms with E-state index in [-0.39, 0.29) is 6.61 Å². The van der Waals surface area contributed by atoms with E-state index < -0.39 is 13.8 Å². The summed E-state index contributed by atoms with van der Waals surface area (Å²) in [5.74, 6) is -0.428. The van der Waals surface area contributed by atoms with Crippen molar-refractivity contribution in [2.45, 2.75) is 6.92 Å². The van der Waals surface area contributed by atoms with Crippen LogP contribution in [0.4, 0.5) is 0 Å². The van der Waals surface area contributed by atoms with Crippen LogP contribution >= 0.6 is 7.80 Å². The molecule has 0 fully saturated rings. The van der Waals surface area contributed by atoms with Crippen LogP contribution in [0, 0.1) is 0 Å². The number of carbonyl (C=O) groups excluding carboxylic acids is 1. The van der Waals surface area contributed by atoms with Crippen LogP contribution in [-0.4, -0.2) is 18.7 Å². The average Bonchev–Trinajstić information content (AvgIpc) is 2.29. The zero-order valence-corrected chi connectivity index (χ0v) is 10.2. The summed E-state index contributed by atoms with van der Waals surface area (Å²) in [5, 5.41) is 0.818. The summed E-state index contributed by atoms with van der Waals surface area (Å²) >= 11 is 0. The lowest BCUT2D eigenvalue weighted by Crippen LogP contribution is -2.09. The highest BCUT2D eigenvalue weighted by Crippen LogP contribution is 2.18. The molecule has 16 heavy (non-hydrogen) atoms. The molecule has 1 unspecified atom stereocenters. The van der Waals surface area contributed by atoms with Crippen LogP contribution in [0.5, 0.6) is 0 Å². The van der Waals surface area contributed by atoms with E-state index in [0.717, 1.165) is 5.30 Å². The Balaban J connectivity index is 2.37. The largest absolute Gasteiger partial charge is 0.462 e. The third-order valence-corrected chi connectivity index (χ3v) is 3.64. The summed E-state index contributed by atoms with van der Waals surface area (Å²) in [5.41, 5.74) is 0.361. The molecule has 0 amide bonds. The second kappa shape index (κ2) is 6.29. The Kier molecular flexibility index (Phi) is 5.00. The molecule has 1 aromatic rings. The van der Waals surface area contributed by atoms with Crippen molar-refractivity contribution in [1.29, 1.82) is 0 Å². The number of carbonyl (C=O) groups is 1. The lowest BCUT2D eigenvalue weighted by molar-refractivity contribution is -0.138. The normalized spacial score (nSPS) is 11.8. The predicted molar refractivity (Wildman–Crippen MR) is 65.7 cm³/mol. The van der Waals surface area contributed by atoms with E-state index in [4.69, 9.17) is 4.74 Å². The van der Waals surface area contributed by atoms with Crippen molar-refractivity contribution in [3.8, 4) is 0 Å². The van der Waals surface area contributed by atoms with Gasteiger partial charge in [0.1, 0.15) is 7.80 Å². The maximum Gasteiger partial charge on any atom is 0.333 e. The predicted octanol–water partition coefficient (Wildman–Crippen LogP) is 1.99. The molecule has 0 aliphatic rings. The van der Waals surface area contributed by atoms with Gasteiger partial charge in [-0.05, 0) is 6.92 Å². The van der Waals surface area contributed by atoms with Crippen LogP contribution < -0.4 is 5.30 Å². The third-order valence-electron chi connectivity index (χ3n) is 2.01. The number of hydrogen-bond donors (Lipinski definition) is 0. The quantitative estimate of drug-likeness (QED) is 0.447. The van der Waals surface area contributed by atoms with Gasteiger partial charge >= 0.3 is 5.97 Å². The highest BCUT2D eigenvalue weighted by atomic mass is 31.1. The lowest BCUT2D eigenvalue weighted by Gasteiger charge is -2.04. The van der Waals surface area contributed by atoms with E-state index in [1.54, 1.807) is 6.92 Å². The topological polar surface area (TPSA) is 43.4 Å². The van der Waals surface area contributed by atoms with Crippen molar-refractivity contribution in [2.75, 3.05) is 12.8 Å². The molecular formula is C12H15O3P. The number of esters is 1. The van der Waals surface area contributed by atoms with Crippen LogP contribution in [0.2, 0.25) is 0 Å². The van der Waals surface area contributed by atoms with Crippen LogP contribution in [-0.2, 0) is 14.1 Å².